The van der Waals surface area contributed by atoms with Crippen molar-refractivity contribution in [3.05, 3.63) is 35.9 Å². The van der Waals surface area contributed by atoms with Crippen LogP contribution in [0.2, 0.25) is 0 Å². The molecular weight excluding hydrogens is 235 g/mol. The number of anilines is 3. The van der Waals surface area contributed by atoms with E-state index < -0.39 is 0 Å². The number of nitrogen functional groups attached to an aromatic ring is 1. The van der Waals surface area contributed by atoms with Gasteiger partial charge in [-0.25, -0.2) is 14.4 Å². The van der Waals surface area contributed by atoms with Crippen LogP contribution in [0.5, 0.6) is 5.75 Å². The van der Waals surface area contributed by atoms with Crippen LogP contribution in [0, 0.1) is 12.7 Å². The highest BCUT2D eigenvalue weighted by molar-refractivity contribution is 5.69. The zero-order valence-corrected chi connectivity index (χ0v) is 10.1. The molecule has 0 atom stereocenters. The second-order valence-electron chi connectivity index (χ2n) is 3.68. The van der Waals surface area contributed by atoms with Gasteiger partial charge in [0, 0.05) is 11.3 Å². The standard InChI is InChI=1S/C12H13FN4O/c1-7-8(13)4-3-5-9(7)17-12-10(18-2)11(14)15-6-16-12/h3-6H,1-2H3,(H3,14,15,16,17). The van der Waals surface area contributed by atoms with Crippen molar-refractivity contribution in [1.82, 2.24) is 9.97 Å². The second kappa shape index (κ2) is 4.87. The Morgan fingerprint density at radius 2 is 2.11 bits per heavy atom. The molecule has 18 heavy (non-hydrogen) atoms. The number of aromatic nitrogens is 2. The number of benzene rings is 1. The van der Waals surface area contributed by atoms with Gasteiger partial charge in [-0.2, -0.15) is 0 Å². The molecule has 1 heterocycles. The summed E-state index contributed by atoms with van der Waals surface area (Å²) < 4.78 is 18.5. The quantitative estimate of drug-likeness (QED) is 0.871. The van der Waals surface area contributed by atoms with Gasteiger partial charge in [-0.3, -0.25) is 0 Å². The third kappa shape index (κ3) is 2.17. The van der Waals surface area contributed by atoms with Gasteiger partial charge >= 0.3 is 0 Å². The van der Waals surface area contributed by atoms with Crippen LogP contribution in [0.4, 0.5) is 21.7 Å². The van der Waals surface area contributed by atoms with Gasteiger partial charge < -0.3 is 15.8 Å². The highest BCUT2D eigenvalue weighted by atomic mass is 19.1. The Hall–Kier alpha value is -2.37. The van der Waals surface area contributed by atoms with Crippen molar-refractivity contribution in [3.8, 4) is 5.75 Å². The van der Waals surface area contributed by atoms with E-state index in [-0.39, 0.29) is 11.6 Å². The zero-order chi connectivity index (χ0) is 13.1. The lowest BCUT2D eigenvalue weighted by Gasteiger charge is -2.12. The maximum absolute atomic E-state index is 13.4. The Bertz CT molecular complexity index is 574. The van der Waals surface area contributed by atoms with Crippen molar-refractivity contribution in [2.45, 2.75) is 6.92 Å². The van der Waals surface area contributed by atoms with Gasteiger partial charge in [0.15, 0.2) is 11.6 Å². The van der Waals surface area contributed by atoms with Gasteiger partial charge in [-0.05, 0) is 19.1 Å². The van der Waals surface area contributed by atoms with Crippen molar-refractivity contribution in [3.63, 3.8) is 0 Å². The normalized spacial score (nSPS) is 10.2. The molecule has 0 aliphatic carbocycles. The minimum Gasteiger partial charge on any atom is -0.490 e. The molecule has 94 valence electrons. The summed E-state index contributed by atoms with van der Waals surface area (Å²) in [5.74, 6) is 0.671. The first kappa shape index (κ1) is 12.1. The SMILES string of the molecule is COc1c(N)ncnc1Nc1cccc(F)c1C. The van der Waals surface area contributed by atoms with E-state index in [9.17, 15) is 4.39 Å². The fraction of sp³-hybridized carbons (Fsp3) is 0.167. The largest absolute Gasteiger partial charge is 0.490 e. The minimum absolute atomic E-state index is 0.226. The summed E-state index contributed by atoms with van der Waals surface area (Å²) in [5, 5.41) is 2.98. The molecule has 3 N–H and O–H groups in total. The second-order valence-corrected chi connectivity index (χ2v) is 3.68. The van der Waals surface area contributed by atoms with E-state index in [0.717, 1.165) is 0 Å². The number of nitrogens with zero attached hydrogens (tertiary/aromatic N) is 2. The lowest BCUT2D eigenvalue weighted by atomic mass is 10.2. The Kier molecular flexibility index (Phi) is 3.27. The van der Waals surface area contributed by atoms with Gasteiger partial charge in [0.05, 0.1) is 7.11 Å². The Labute approximate surface area is 104 Å². The first-order valence-corrected chi connectivity index (χ1v) is 5.30. The number of halogens is 1. The summed E-state index contributed by atoms with van der Waals surface area (Å²) >= 11 is 0. The highest BCUT2D eigenvalue weighted by Crippen LogP contribution is 2.30. The van der Waals surface area contributed by atoms with Gasteiger partial charge in [0.25, 0.3) is 0 Å². The van der Waals surface area contributed by atoms with Crippen LogP contribution in [0.25, 0.3) is 0 Å². The Morgan fingerprint density at radius 3 is 2.83 bits per heavy atom. The van der Waals surface area contributed by atoms with E-state index in [2.05, 4.69) is 15.3 Å². The molecule has 0 spiro atoms. The average Bonchev–Trinajstić information content (AvgIpc) is 2.35. The van der Waals surface area contributed by atoms with Crippen molar-refractivity contribution < 1.29 is 9.13 Å². The Morgan fingerprint density at radius 1 is 1.33 bits per heavy atom. The van der Waals surface area contributed by atoms with Gasteiger partial charge in [0.1, 0.15) is 12.1 Å². The molecule has 0 fully saturated rings. The summed E-state index contributed by atoms with van der Waals surface area (Å²) in [6.07, 6.45) is 1.31. The van der Waals surface area contributed by atoms with Crippen molar-refractivity contribution >= 4 is 17.3 Å². The summed E-state index contributed by atoms with van der Waals surface area (Å²) in [6, 6.07) is 4.75. The fourth-order valence-corrected chi connectivity index (χ4v) is 1.55. The number of hydrogen-bond acceptors (Lipinski definition) is 5. The number of methoxy groups -OCH3 is 1. The molecule has 0 saturated heterocycles. The molecule has 2 aromatic rings. The summed E-state index contributed by atoms with van der Waals surface area (Å²) in [7, 11) is 1.47. The van der Waals surface area contributed by atoms with Gasteiger partial charge in [0.2, 0.25) is 5.75 Å². The first-order valence-electron chi connectivity index (χ1n) is 5.30. The molecule has 1 aromatic heterocycles. The minimum atomic E-state index is -0.291. The third-order valence-corrected chi connectivity index (χ3v) is 2.56. The van der Waals surface area contributed by atoms with E-state index in [1.165, 1.54) is 19.5 Å². The molecule has 0 saturated carbocycles. The molecule has 6 heteroatoms. The van der Waals surface area contributed by atoms with Crippen molar-refractivity contribution in [2.75, 3.05) is 18.2 Å². The van der Waals surface area contributed by atoms with E-state index in [1.807, 2.05) is 0 Å². The maximum atomic E-state index is 13.4. The number of nitrogens with one attached hydrogen (secondary N) is 1. The fourth-order valence-electron chi connectivity index (χ4n) is 1.55. The molecule has 0 aliphatic rings. The molecule has 0 radical (unpaired) electrons. The summed E-state index contributed by atoms with van der Waals surface area (Å²) in [5.41, 5.74) is 6.76. The zero-order valence-electron chi connectivity index (χ0n) is 10.1. The van der Waals surface area contributed by atoms with E-state index in [0.29, 0.717) is 22.8 Å². The van der Waals surface area contributed by atoms with Crippen LogP contribution in [-0.2, 0) is 0 Å². The van der Waals surface area contributed by atoms with E-state index >= 15 is 0 Å². The Balaban J connectivity index is 2.40. The molecule has 0 aliphatic heterocycles. The van der Waals surface area contributed by atoms with Crippen LogP contribution < -0.4 is 15.8 Å². The molecule has 1 aromatic carbocycles. The molecule has 0 amide bonds. The summed E-state index contributed by atoms with van der Waals surface area (Å²) in [4.78, 5) is 7.85. The molecular formula is C12H13FN4O. The molecule has 5 nitrogen and oxygen atoms in total. The average molecular weight is 248 g/mol. The molecule has 0 unspecified atom stereocenters. The first-order chi connectivity index (χ1) is 8.63. The van der Waals surface area contributed by atoms with Crippen molar-refractivity contribution in [1.29, 1.82) is 0 Å². The summed E-state index contributed by atoms with van der Waals surface area (Å²) in [6.45, 7) is 1.68. The monoisotopic (exact) mass is 248 g/mol. The predicted molar refractivity (Wildman–Crippen MR) is 67.4 cm³/mol. The third-order valence-electron chi connectivity index (χ3n) is 2.56. The van der Waals surface area contributed by atoms with Crippen LogP contribution in [-0.4, -0.2) is 17.1 Å². The lowest BCUT2D eigenvalue weighted by molar-refractivity contribution is 0.415. The van der Waals surface area contributed by atoms with Crippen LogP contribution in [0.1, 0.15) is 5.56 Å². The van der Waals surface area contributed by atoms with E-state index in [1.54, 1.807) is 19.1 Å². The van der Waals surface area contributed by atoms with Crippen LogP contribution in [0.3, 0.4) is 0 Å². The van der Waals surface area contributed by atoms with Crippen LogP contribution >= 0.6 is 0 Å². The van der Waals surface area contributed by atoms with Crippen molar-refractivity contribution in [2.24, 2.45) is 0 Å². The van der Waals surface area contributed by atoms with Gasteiger partial charge in [-0.1, -0.05) is 6.07 Å². The lowest BCUT2D eigenvalue weighted by Crippen LogP contribution is -2.04. The number of rotatable bonds is 3. The van der Waals surface area contributed by atoms with Crippen LogP contribution in [0.15, 0.2) is 24.5 Å². The topological polar surface area (TPSA) is 73.1 Å². The molecule has 2 rings (SSSR count). The maximum Gasteiger partial charge on any atom is 0.204 e. The number of nitrogens with two attached hydrogens (primary N) is 1. The predicted octanol–water partition coefficient (Wildman–Crippen LogP) is 2.26. The number of hydrogen-bond donors (Lipinski definition) is 2. The van der Waals surface area contributed by atoms with E-state index in [4.69, 9.17) is 10.5 Å². The highest BCUT2D eigenvalue weighted by Gasteiger charge is 2.11. The smallest absolute Gasteiger partial charge is 0.204 e. The molecule has 0 bridgehead atoms. The van der Waals surface area contributed by atoms with Gasteiger partial charge in [-0.15, -0.1) is 0 Å². The number of ether oxygens (including phenoxy) is 1.